The number of rotatable bonds is 5. The number of benzene rings is 4. The first-order chi connectivity index (χ1) is 13.2. The molecule has 0 unspecified atom stereocenters. The number of methoxy groups -OCH3 is 1. The molecule has 27 heavy (non-hydrogen) atoms. The molecule has 4 rings (SSSR count). The second-order valence-electron chi connectivity index (χ2n) is 6.58. The molecule has 0 amide bonds. The molecule has 3 heteroatoms. The van der Waals surface area contributed by atoms with Crippen LogP contribution < -0.4 is 15.3 Å². The van der Waals surface area contributed by atoms with E-state index in [4.69, 9.17) is 16.5 Å². The lowest BCUT2D eigenvalue weighted by atomic mass is 10.1. The summed E-state index contributed by atoms with van der Waals surface area (Å²) in [4.78, 5) is 0. The van der Waals surface area contributed by atoms with Gasteiger partial charge in [-0.25, -0.2) is 0 Å². The van der Waals surface area contributed by atoms with E-state index in [0.29, 0.717) is 0 Å². The lowest BCUT2D eigenvalue weighted by Gasteiger charge is -2.25. The first-order valence-electron chi connectivity index (χ1n) is 8.97. The van der Waals surface area contributed by atoms with E-state index in [-0.39, 0.29) is 0 Å². The van der Waals surface area contributed by atoms with Crippen LogP contribution in [0.4, 0.5) is 0 Å². The molecule has 0 heterocycles. The Hall–Kier alpha value is -2.41. The minimum absolute atomic E-state index is 0.852. The molecule has 0 saturated heterocycles. The first-order valence-corrected chi connectivity index (χ1v) is 12.0. The van der Waals surface area contributed by atoms with E-state index in [1.165, 1.54) is 26.9 Å². The fourth-order valence-corrected chi connectivity index (χ4v) is 7.72. The normalized spacial score (nSPS) is 13.2. The maximum absolute atomic E-state index is 6.49. The van der Waals surface area contributed by atoms with Crippen molar-refractivity contribution in [3.8, 4) is 5.75 Å². The third-order valence-electron chi connectivity index (χ3n) is 4.89. The van der Waals surface area contributed by atoms with Gasteiger partial charge in [0.1, 0.15) is 5.75 Å². The van der Waals surface area contributed by atoms with E-state index >= 15 is 0 Å². The van der Waals surface area contributed by atoms with Crippen molar-refractivity contribution >= 4 is 39.2 Å². The van der Waals surface area contributed by atoms with Crippen LogP contribution in [0.15, 0.2) is 97.1 Å². The third-order valence-corrected chi connectivity index (χ3v) is 9.61. The molecule has 0 bridgehead atoms. The molecule has 0 spiro atoms. The van der Waals surface area contributed by atoms with E-state index in [9.17, 15) is 0 Å². The van der Waals surface area contributed by atoms with Crippen LogP contribution in [-0.2, 0) is 18.0 Å². The Morgan fingerprint density at radius 2 is 1.41 bits per heavy atom. The fraction of sp³-hybridized carbons (Fsp3) is 0.0833. The third kappa shape index (κ3) is 3.56. The number of fused-ring (bicyclic) bond motifs is 1. The van der Waals surface area contributed by atoms with Crippen molar-refractivity contribution in [2.45, 2.75) is 6.16 Å². The summed E-state index contributed by atoms with van der Waals surface area (Å²) >= 11 is 6.49. The van der Waals surface area contributed by atoms with E-state index in [0.717, 1.165) is 11.9 Å². The summed E-state index contributed by atoms with van der Waals surface area (Å²) in [5.74, 6) is 0.872. The summed E-state index contributed by atoms with van der Waals surface area (Å²) in [7, 11) is 1.69. The SMILES string of the molecule is COc1ccc(C[P@](=S)(c2ccccc2)c2cccc3ccccc23)cc1. The highest BCUT2D eigenvalue weighted by atomic mass is 32.4. The van der Waals surface area contributed by atoms with Gasteiger partial charge in [0.25, 0.3) is 0 Å². The molecule has 0 aliphatic heterocycles. The standard InChI is InChI=1S/C24H21OPS/c1-25-21-16-14-19(15-17-21)18-26(27,22-10-3-2-4-11-22)24-13-7-9-20-8-5-6-12-23(20)24/h2-17H,18H2,1H3/t26-/m0/s1. The van der Waals surface area contributed by atoms with Gasteiger partial charge < -0.3 is 4.74 Å². The Morgan fingerprint density at radius 1 is 0.741 bits per heavy atom. The topological polar surface area (TPSA) is 9.23 Å². The molecule has 0 N–H and O–H groups in total. The molecule has 0 fully saturated rings. The van der Waals surface area contributed by atoms with Crippen molar-refractivity contribution in [2.24, 2.45) is 0 Å². The molecule has 0 saturated carbocycles. The van der Waals surface area contributed by atoms with E-state index in [1.54, 1.807) is 7.11 Å². The summed E-state index contributed by atoms with van der Waals surface area (Å²) in [6, 6.07) is 32.0. The Kier molecular flexibility index (Phi) is 5.11. The van der Waals surface area contributed by atoms with Crippen LogP contribution in [0.1, 0.15) is 5.56 Å². The summed E-state index contributed by atoms with van der Waals surface area (Å²) in [5, 5.41) is 5.06. The number of ether oxygens (including phenoxy) is 1. The van der Waals surface area contributed by atoms with Gasteiger partial charge in [0.05, 0.1) is 7.11 Å². The smallest absolute Gasteiger partial charge is 0.118 e. The van der Waals surface area contributed by atoms with Gasteiger partial charge in [0, 0.05) is 12.2 Å². The van der Waals surface area contributed by atoms with E-state index in [2.05, 4.69) is 84.9 Å². The maximum atomic E-state index is 6.49. The Morgan fingerprint density at radius 3 is 2.15 bits per heavy atom. The molecule has 134 valence electrons. The average molecular weight is 388 g/mol. The maximum Gasteiger partial charge on any atom is 0.118 e. The van der Waals surface area contributed by atoms with Crippen LogP contribution in [0.2, 0.25) is 0 Å². The second kappa shape index (κ2) is 7.68. The van der Waals surface area contributed by atoms with Crippen LogP contribution in [-0.4, -0.2) is 7.11 Å². The zero-order valence-electron chi connectivity index (χ0n) is 15.2. The Bertz CT molecular complexity index is 1100. The molecule has 0 aliphatic rings. The predicted octanol–water partition coefficient (Wildman–Crippen LogP) is 5.48. The lowest BCUT2D eigenvalue weighted by Crippen LogP contribution is -2.18. The Balaban J connectivity index is 1.89. The molecule has 1 nitrogen and oxygen atoms in total. The molecule has 0 aromatic heterocycles. The average Bonchev–Trinajstić information content (AvgIpc) is 2.74. The van der Waals surface area contributed by atoms with Crippen molar-refractivity contribution in [2.75, 3.05) is 7.11 Å². The van der Waals surface area contributed by atoms with Gasteiger partial charge in [-0.2, -0.15) is 0 Å². The van der Waals surface area contributed by atoms with Gasteiger partial charge in [0.15, 0.2) is 0 Å². The number of hydrogen-bond acceptors (Lipinski definition) is 2. The molecular formula is C24H21OPS. The van der Waals surface area contributed by atoms with Gasteiger partial charge in [-0.15, -0.1) is 0 Å². The van der Waals surface area contributed by atoms with Crippen LogP contribution >= 0.6 is 6.04 Å². The van der Waals surface area contributed by atoms with Crippen LogP contribution in [0.5, 0.6) is 5.75 Å². The van der Waals surface area contributed by atoms with E-state index in [1.807, 2.05) is 12.1 Å². The zero-order chi connectivity index (χ0) is 18.7. The quantitative estimate of drug-likeness (QED) is 0.419. The van der Waals surface area contributed by atoms with Gasteiger partial charge in [-0.05, 0) is 39.1 Å². The fourth-order valence-electron chi connectivity index (χ4n) is 3.50. The monoisotopic (exact) mass is 388 g/mol. The summed E-state index contributed by atoms with van der Waals surface area (Å²) in [6.45, 7) is 0. The van der Waals surface area contributed by atoms with Crippen molar-refractivity contribution in [1.82, 2.24) is 0 Å². The molecule has 1 atom stereocenters. The van der Waals surface area contributed by atoms with E-state index < -0.39 is 6.04 Å². The Labute approximate surface area is 165 Å². The zero-order valence-corrected chi connectivity index (χ0v) is 16.9. The highest BCUT2D eigenvalue weighted by Gasteiger charge is 2.24. The summed E-state index contributed by atoms with van der Waals surface area (Å²) in [5.41, 5.74) is 1.25. The van der Waals surface area contributed by atoms with Crippen LogP contribution in [0, 0.1) is 0 Å². The minimum Gasteiger partial charge on any atom is -0.497 e. The van der Waals surface area contributed by atoms with Gasteiger partial charge in [-0.1, -0.05) is 96.7 Å². The molecular weight excluding hydrogens is 367 g/mol. The predicted molar refractivity (Wildman–Crippen MR) is 121 cm³/mol. The molecule has 0 aliphatic carbocycles. The minimum atomic E-state index is -2.02. The lowest BCUT2D eigenvalue weighted by molar-refractivity contribution is 0.414. The summed E-state index contributed by atoms with van der Waals surface area (Å²) < 4.78 is 5.31. The van der Waals surface area contributed by atoms with Gasteiger partial charge in [0.2, 0.25) is 0 Å². The van der Waals surface area contributed by atoms with Crippen molar-refractivity contribution in [3.63, 3.8) is 0 Å². The van der Waals surface area contributed by atoms with Gasteiger partial charge >= 0.3 is 0 Å². The van der Waals surface area contributed by atoms with Crippen molar-refractivity contribution < 1.29 is 4.74 Å². The molecule has 0 radical (unpaired) electrons. The van der Waals surface area contributed by atoms with Crippen molar-refractivity contribution in [3.05, 3.63) is 103 Å². The summed E-state index contributed by atoms with van der Waals surface area (Å²) in [6.07, 6.45) is 0.852. The van der Waals surface area contributed by atoms with Crippen LogP contribution in [0.3, 0.4) is 0 Å². The van der Waals surface area contributed by atoms with Crippen LogP contribution in [0.25, 0.3) is 10.8 Å². The molecule has 4 aromatic rings. The number of hydrogen-bond donors (Lipinski definition) is 0. The largest absolute Gasteiger partial charge is 0.497 e. The van der Waals surface area contributed by atoms with Gasteiger partial charge in [-0.3, -0.25) is 0 Å². The highest BCUT2D eigenvalue weighted by molar-refractivity contribution is 8.21. The molecule has 4 aromatic carbocycles. The highest BCUT2D eigenvalue weighted by Crippen LogP contribution is 2.49. The van der Waals surface area contributed by atoms with Crippen molar-refractivity contribution in [1.29, 1.82) is 0 Å². The second-order valence-corrected chi connectivity index (χ2v) is 11.2. The first kappa shape index (κ1) is 18.0.